The molecule has 1 aliphatic heterocycles. The number of carbonyl (C=O) groups is 2. The average Bonchev–Trinajstić information content (AvgIpc) is 2.90. The summed E-state index contributed by atoms with van der Waals surface area (Å²) in [4.78, 5) is 31.8. The predicted molar refractivity (Wildman–Crippen MR) is 140 cm³/mol. The number of anilines is 1. The maximum Gasteiger partial charge on any atom is 0.412 e. The summed E-state index contributed by atoms with van der Waals surface area (Å²) in [7, 11) is 0. The van der Waals surface area contributed by atoms with Crippen molar-refractivity contribution in [3.8, 4) is 0 Å². The van der Waals surface area contributed by atoms with Gasteiger partial charge in [0, 0.05) is 40.8 Å². The topological polar surface area (TPSA) is 97.0 Å². The summed E-state index contributed by atoms with van der Waals surface area (Å²) in [5, 5.41) is 2.72. The first-order valence-corrected chi connectivity index (χ1v) is 12.0. The van der Waals surface area contributed by atoms with Crippen LogP contribution in [0, 0.1) is 0 Å². The van der Waals surface area contributed by atoms with Crippen LogP contribution in [0.2, 0.25) is 0 Å². The van der Waals surface area contributed by atoms with Crippen molar-refractivity contribution in [3.63, 3.8) is 0 Å². The molecule has 0 radical (unpaired) electrons. The van der Waals surface area contributed by atoms with E-state index in [1.807, 2.05) is 69.0 Å². The molecule has 0 bridgehead atoms. The van der Waals surface area contributed by atoms with Gasteiger partial charge in [-0.25, -0.2) is 9.79 Å². The number of hydrogen-bond donors (Lipinski definition) is 2. The molecule has 0 spiro atoms. The molecule has 2 aromatic carbocycles. The number of carbonyl (C=O) groups excluding carboxylic acids is 2. The summed E-state index contributed by atoms with van der Waals surface area (Å²) in [6, 6.07) is 13.1. The smallest absolute Gasteiger partial charge is 0.412 e. The van der Waals surface area contributed by atoms with Gasteiger partial charge in [0.25, 0.3) is 5.91 Å². The number of nitrogens with two attached hydrogens (primary N) is 1. The number of rotatable bonds is 6. The molecule has 0 fully saturated rings. The Labute approximate surface area is 209 Å². The molecule has 0 aliphatic carbocycles. The van der Waals surface area contributed by atoms with E-state index in [-0.39, 0.29) is 5.91 Å². The highest BCUT2D eigenvalue weighted by Gasteiger charge is 2.22. The van der Waals surface area contributed by atoms with E-state index in [9.17, 15) is 9.59 Å². The fraction of sp³-hybridized carbons (Fsp3) is 0.346. The lowest BCUT2D eigenvalue weighted by Crippen LogP contribution is -2.33. The average molecular weight is 527 g/mol. The molecule has 8 heteroatoms. The Kier molecular flexibility index (Phi) is 8.15. The predicted octanol–water partition coefficient (Wildman–Crippen LogP) is 6.01. The zero-order chi connectivity index (χ0) is 24.9. The standard InChI is InChI=1S/C26H31BrN4O3/c1-5-12-31(16-17-6-10-21(11-7-17)29-25(33)34-26(2,3)4)24(32)19-13-18-8-9-20(27)15-22(18)30-23(28)14-19/h6-11,13,15H,5,12,14,16H2,1-4H3,(H2,28,30)(H,29,33). The number of halogens is 1. The van der Waals surface area contributed by atoms with Crippen molar-refractivity contribution in [1.82, 2.24) is 4.90 Å². The van der Waals surface area contributed by atoms with Gasteiger partial charge < -0.3 is 15.4 Å². The Morgan fingerprint density at radius 2 is 1.88 bits per heavy atom. The highest BCUT2D eigenvalue weighted by atomic mass is 79.9. The summed E-state index contributed by atoms with van der Waals surface area (Å²) in [5.74, 6) is 0.345. The molecule has 2 amide bonds. The van der Waals surface area contributed by atoms with E-state index in [0.717, 1.165) is 27.7 Å². The Balaban J connectivity index is 1.75. The zero-order valence-corrected chi connectivity index (χ0v) is 21.6. The van der Waals surface area contributed by atoms with Crippen LogP contribution < -0.4 is 11.1 Å². The quantitative estimate of drug-likeness (QED) is 0.481. The van der Waals surface area contributed by atoms with E-state index in [0.29, 0.717) is 36.6 Å². The van der Waals surface area contributed by atoms with Gasteiger partial charge in [0.05, 0.1) is 5.69 Å². The molecule has 0 saturated heterocycles. The van der Waals surface area contributed by atoms with E-state index in [1.165, 1.54) is 0 Å². The van der Waals surface area contributed by atoms with Gasteiger partial charge in [-0.15, -0.1) is 0 Å². The lowest BCUT2D eigenvalue weighted by molar-refractivity contribution is -0.127. The number of ether oxygens (including phenoxy) is 1. The Hall–Kier alpha value is -3.13. The van der Waals surface area contributed by atoms with Crippen molar-refractivity contribution in [2.75, 3.05) is 11.9 Å². The van der Waals surface area contributed by atoms with Gasteiger partial charge in [-0.2, -0.15) is 0 Å². The van der Waals surface area contributed by atoms with Crippen LogP contribution in [0.4, 0.5) is 16.2 Å². The fourth-order valence-corrected chi connectivity index (χ4v) is 3.91. The lowest BCUT2D eigenvalue weighted by Gasteiger charge is -2.24. The minimum atomic E-state index is -0.567. The zero-order valence-electron chi connectivity index (χ0n) is 20.0. The number of amides is 2. The molecule has 7 nitrogen and oxygen atoms in total. The van der Waals surface area contributed by atoms with Crippen molar-refractivity contribution in [2.45, 2.75) is 52.7 Å². The maximum atomic E-state index is 13.5. The first-order valence-electron chi connectivity index (χ1n) is 11.3. The van der Waals surface area contributed by atoms with Crippen LogP contribution in [0.5, 0.6) is 0 Å². The largest absolute Gasteiger partial charge is 0.444 e. The molecule has 0 saturated carbocycles. The highest BCUT2D eigenvalue weighted by Crippen LogP contribution is 2.30. The van der Waals surface area contributed by atoms with Crippen LogP contribution in [0.3, 0.4) is 0 Å². The Bertz CT molecular complexity index is 1120. The van der Waals surface area contributed by atoms with Crippen LogP contribution in [0.15, 0.2) is 57.5 Å². The molecule has 1 heterocycles. The van der Waals surface area contributed by atoms with Crippen molar-refractivity contribution < 1.29 is 14.3 Å². The number of hydrogen-bond acceptors (Lipinski definition) is 5. The summed E-state index contributed by atoms with van der Waals surface area (Å²) in [6.07, 6.45) is 2.49. The van der Waals surface area contributed by atoms with Gasteiger partial charge in [0.2, 0.25) is 0 Å². The molecular weight excluding hydrogens is 496 g/mol. The number of amidine groups is 1. The van der Waals surface area contributed by atoms with Crippen LogP contribution in [-0.2, 0) is 16.1 Å². The molecule has 0 aromatic heterocycles. The monoisotopic (exact) mass is 526 g/mol. The molecule has 34 heavy (non-hydrogen) atoms. The van der Waals surface area contributed by atoms with Gasteiger partial charge in [-0.3, -0.25) is 10.1 Å². The Morgan fingerprint density at radius 1 is 1.18 bits per heavy atom. The van der Waals surface area contributed by atoms with Crippen LogP contribution in [-0.4, -0.2) is 34.9 Å². The minimum absolute atomic E-state index is 0.0632. The van der Waals surface area contributed by atoms with E-state index in [1.54, 1.807) is 12.1 Å². The first kappa shape index (κ1) is 25.5. The second-order valence-corrected chi connectivity index (χ2v) is 10.1. The third-order valence-corrected chi connectivity index (χ3v) is 5.48. The normalized spacial score (nSPS) is 13.2. The van der Waals surface area contributed by atoms with Crippen molar-refractivity contribution in [3.05, 3.63) is 63.6 Å². The fourth-order valence-electron chi connectivity index (χ4n) is 3.56. The van der Waals surface area contributed by atoms with Crippen LogP contribution >= 0.6 is 15.9 Å². The van der Waals surface area contributed by atoms with E-state index in [4.69, 9.17) is 10.5 Å². The van der Waals surface area contributed by atoms with Gasteiger partial charge in [0.1, 0.15) is 11.4 Å². The number of nitrogens with zero attached hydrogens (tertiary/aromatic N) is 2. The molecule has 1 aliphatic rings. The van der Waals surface area contributed by atoms with Crippen LogP contribution in [0.1, 0.15) is 51.7 Å². The molecule has 180 valence electrons. The van der Waals surface area contributed by atoms with Gasteiger partial charge in [-0.1, -0.05) is 41.1 Å². The van der Waals surface area contributed by atoms with Crippen molar-refractivity contribution in [2.24, 2.45) is 10.7 Å². The minimum Gasteiger partial charge on any atom is -0.444 e. The summed E-state index contributed by atoms with van der Waals surface area (Å²) >= 11 is 3.46. The number of fused-ring (bicyclic) bond motifs is 1. The third-order valence-electron chi connectivity index (χ3n) is 4.99. The molecule has 2 aromatic rings. The van der Waals surface area contributed by atoms with Gasteiger partial charge in [-0.05, 0) is 63.1 Å². The summed E-state index contributed by atoms with van der Waals surface area (Å²) in [5.41, 5.74) is 9.36. The van der Waals surface area contributed by atoms with E-state index in [2.05, 4.69) is 26.2 Å². The summed E-state index contributed by atoms with van der Waals surface area (Å²) < 4.78 is 6.19. The second kappa shape index (κ2) is 10.9. The highest BCUT2D eigenvalue weighted by molar-refractivity contribution is 9.10. The number of aliphatic imine (C=N–C) groups is 1. The molecule has 3 N–H and O–H groups in total. The maximum absolute atomic E-state index is 13.5. The van der Waals surface area contributed by atoms with Crippen LogP contribution in [0.25, 0.3) is 6.08 Å². The van der Waals surface area contributed by atoms with E-state index < -0.39 is 11.7 Å². The molecular formula is C26H31BrN4O3. The van der Waals surface area contributed by atoms with E-state index >= 15 is 0 Å². The third kappa shape index (κ3) is 7.18. The molecule has 0 atom stereocenters. The molecule has 3 rings (SSSR count). The Morgan fingerprint density at radius 3 is 2.53 bits per heavy atom. The SMILES string of the molecule is CCCN(Cc1ccc(NC(=O)OC(C)(C)C)cc1)C(=O)C1=Cc2ccc(Br)cc2N=C(N)C1. The molecule has 0 unspecified atom stereocenters. The van der Waals surface area contributed by atoms with Gasteiger partial charge in [0.15, 0.2) is 0 Å². The van der Waals surface area contributed by atoms with Gasteiger partial charge >= 0.3 is 6.09 Å². The second-order valence-electron chi connectivity index (χ2n) is 9.20. The summed E-state index contributed by atoms with van der Waals surface area (Å²) in [6.45, 7) is 8.54. The first-order chi connectivity index (χ1) is 16.0. The van der Waals surface area contributed by atoms with Crippen molar-refractivity contribution in [1.29, 1.82) is 0 Å². The number of benzene rings is 2. The number of nitrogens with one attached hydrogen (secondary N) is 1. The lowest BCUT2D eigenvalue weighted by atomic mass is 10.1. The van der Waals surface area contributed by atoms with Crippen molar-refractivity contribution >= 4 is 51.2 Å².